The third-order valence-electron chi connectivity index (χ3n) is 5.11. The van der Waals surface area contributed by atoms with E-state index in [-0.39, 0.29) is 22.7 Å². The Kier molecular flexibility index (Phi) is 4.56. The summed E-state index contributed by atoms with van der Waals surface area (Å²) in [6.45, 7) is 2.52. The van der Waals surface area contributed by atoms with Crippen molar-refractivity contribution in [1.29, 1.82) is 0 Å². The number of rotatable bonds is 4. The summed E-state index contributed by atoms with van der Waals surface area (Å²) in [7, 11) is 1.58. The normalized spacial score (nSPS) is 16.4. The highest BCUT2D eigenvalue weighted by atomic mass is 16.6. The van der Waals surface area contributed by atoms with Crippen molar-refractivity contribution >= 4 is 16.6 Å². The van der Waals surface area contributed by atoms with E-state index in [1.807, 2.05) is 0 Å². The van der Waals surface area contributed by atoms with E-state index in [9.17, 15) is 14.9 Å². The second-order valence-electron chi connectivity index (χ2n) is 6.87. The molecule has 0 aliphatic carbocycles. The fourth-order valence-electron chi connectivity index (χ4n) is 3.66. The number of nitrogens with zero attached hydrogens (tertiary/aromatic N) is 3. The Hall–Kier alpha value is -3.26. The van der Waals surface area contributed by atoms with Crippen LogP contribution in [0.2, 0.25) is 0 Å². The molecular formula is C20H20N4O4. The highest BCUT2D eigenvalue weighted by Gasteiger charge is 2.25. The molecular weight excluding hydrogens is 360 g/mol. The van der Waals surface area contributed by atoms with Gasteiger partial charge in [-0.3, -0.25) is 19.5 Å². The number of benzene rings is 2. The Morgan fingerprint density at radius 2 is 2.04 bits per heavy atom. The minimum Gasteiger partial charge on any atom is -0.497 e. The number of nitrogens with one attached hydrogen (secondary N) is 1. The second-order valence-corrected chi connectivity index (χ2v) is 6.87. The maximum Gasteiger partial charge on any atom is 0.273 e. The van der Waals surface area contributed by atoms with E-state index in [1.54, 1.807) is 48.9 Å². The summed E-state index contributed by atoms with van der Waals surface area (Å²) in [6, 6.07) is 10.0. The van der Waals surface area contributed by atoms with Gasteiger partial charge in [-0.05, 0) is 56.6 Å². The average Bonchev–Trinajstić information content (AvgIpc) is 3.22. The lowest BCUT2D eigenvalue weighted by molar-refractivity contribution is -0.385. The molecule has 0 saturated carbocycles. The van der Waals surface area contributed by atoms with Crippen molar-refractivity contribution in [3.05, 3.63) is 68.3 Å². The standard InChI is InChI=1S/C20H20N4O4/c1-12-10-17-15(11-18(12)24(26)27)20(25)23(13-5-7-14(28-2)8-6-13)19(22-17)16-4-3-9-21-16/h5-8,10-11,16,21H,3-4,9H2,1-2H3/t16-/m1/s1. The first-order valence-corrected chi connectivity index (χ1v) is 9.09. The molecule has 1 N–H and O–H groups in total. The van der Waals surface area contributed by atoms with E-state index < -0.39 is 4.92 Å². The molecule has 1 saturated heterocycles. The smallest absolute Gasteiger partial charge is 0.273 e. The monoisotopic (exact) mass is 380 g/mol. The Morgan fingerprint density at radius 1 is 1.29 bits per heavy atom. The van der Waals surface area contributed by atoms with Gasteiger partial charge in [-0.15, -0.1) is 0 Å². The first-order valence-electron chi connectivity index (χ1n) is 9.09. The maximum absolute atomic E-state index is 13.4. The van der Waals surface area contributed by atoms with Gasteiger partial charge in [0.2, 0.25) is 0 Å². The van der Waals surface area contributed by atoms with Crippen LogP contribution in [-0.4, -0.2) is 28.1 Å². The molecule has 3 aromatic rings. The maximum atomic E-state index is 13.4. The molecule has 4 rings (SSSR count). The Bertz CT molecular complexity index is 1120. The number of hydrogen-bond acceptors (Lipinski definition) is 6. The van der Waals surface area contributed by atoms with Crippen LogP contribution in [0, 0.1) is 17.0 Å². The molecule has 2 aromatic carbocycles. The molecule has 8 nitrogen and oxygen atoms in total. The van der Waals surface area contributed by atoms with Gasteiger partial charge in [0, 0.05) is 11.6 Å². The first-order chi connectivity index (χ1) is 13.5. The molecule has 0 bridgehead atoms. The topological polar surface area (TPSA) is 99.3 Å². The van der Waals surface area contributed by atoms with E-state index >= 15 is 0 Å². The minimum atomic E-state index is -0.474. The SMILES string of the molecule is COc1ccc(-n2c([C@H]3CCCN3)nc3cc(C)c([N+](=O)[O-])cc3c2=O)cc1. The van der Waals surface area contributed by atoms with Crippen LogP contribution < -0.4 is 15.6 Å². The molecule has 0 amide bonds. The van der Waals surface area contributed by atoms with Crippen LogP contribution in [0.4, 0.5) is 5.69 Å². The predicted molar refractivity (Wildman–Crippen MR) is 105 cm³/mol. The van der Waals surface area contributed by atoms with Gasteiger partial charge < -0.3 is 10.1 Å². The minimum absolute atomic E-state index is 0.0466. The lowest BCUT2D eigenvalue weighted by Gasteiger charge is -2.18. The molecule has 8 heteroatoms. The van der Waals surface area contributed by atoms with E-state index in [1.165, 1.54) is 6.07 Å². The van der Waals surface area contributed by atoms with Crippen LogP contribution in [0.3, 0.4) is 0 Å². The zero-order chi connectivity index (χ0) is 19.8. The van der Waals surface area contributed by atoms with E-state index in [4.69, 9.17) is 9.72 Å². The van der Waals surface area contributed by atoms with Crippen LogP contribution in [0.15, 0.2) is 41.2 Å². The highest BCUT2D eigenvalue weighted by Crippen LogP contribution is 2.28. The quantitative estimate of drug-likeness (QED) is 0.552. The van der Waals surface area contributed by atoms with Gasteiger partial charge in [-0.2, -0.15) is 0 Å². The van der Waals surface area contributed by atoms with E-state index in [2.05, 4.69) is 5.32 Å². The van der Waals surface area contributed by atoms with Crippen LogP contribution in [-0.2, 0) is 0 Å². The molecule has 2 heterocycles. The molecule has 0 unspecified atom stereocenters. The van der Waals surface area contributed by atoms with Gasteiger partial charge in [-0.25, -0.2) is 4.98 Å². The van der Waals surface area contributed by atoms with Gasteiger partial charge in [0.15, 0.2) is 0 Å². The van der Waals surface area contributed by atoms with Crippen molar-refractivity contribution in [2.45, 2.75) is 25.8 Å². The summed E-state index contributed by atoms with van der Waals surface area (Å²) in [4.78, 5) is 29.0. The second kappa shape index (κ2) is 7.05. The van der Waals surface area contributed by atoms with Crippen LogP contribution in [0.25, 0.3) is 16.6 Å². The molecule has 1 atom stereocenters. The summed E-state index contributed by atoms with van der Waals surface area (Å²) in [5, 5.41) is 14.9. The van der Waals surface area contributed by atoms with Gasteiger partial charge in [-0.1, -0.05) is 0 Å². The zero-order valence-electron chi connectivity index (χ0n) is 15.6. The number of hydrogen-bond donors (Lipinski definition) is 1. The molecule has 1 aliphatic rings. The Balaban J connectivity index is 2.02. The van der Waals surface area contributed by atoms with E-state index in [0.717, 1.165) is 19.4 Å². The third kappa shape index (κ3) is 3.01. The summed E-state index contributed by atoms with van der Waals surface area (Å²) >= 11 is 0. The van der Waals surface area contributed by atoms with Gasteiger partial charge in [0.1, 0.15) is 11.6 Å². The number of ether oxygens (including phenoxy) is 1. The predicted octanol–water partition coefficient (Wildman–Crippen LogP) is 3.04. The lowest BCUT2D eigenvalue weighted by Crippen LogP contribution is -2.28. The molecule has 0 radical (unpaired) electrons. The van der Waals surface area contributed by atoms with Gasteiger partial charge >= 0.3 is 0 Å². The summed E-state index contributed by atoms with van der Waals surface area (Å²) in [5.74, 6) is 1.30. The van der Waals surface area contributed by atoms with Crippen LogP contribution in [0.5, 0.6) is 5.75 Å². The van der Waals surface area contributed by atoms with Gasteiger partial charge in [0.25, 0.3) is 11.2 Å². The number of nitro benzene ring substituents is 1. The molecule has 0 spiro atoms. The van der Waals surface area contributed by atoms with Crippen LogP contribution >= 0.6 is 0 Å². The number of nitro groups is 1. The molecule has 144 valence electrons. The zero-order valence-corrected chi connectivity index (χ0v) is 15.6. The largest absolute Gasteiger partial charge is 0.497 e. The van der Waals surface area contributed by atoms with Gasteiger partial charge in [0.05, 0.1) is 34.7 Å². The number of aromatic nitrogens is 2. The van der Waals surface area contributed by atoms with E-state index in [0.29, 0.717) is 28.3 Å². The number of methoxy groups -OCH3 is 1. The fourth-order valence-corrected chi connectivity index (χ4v) is 3.66. The summed E-state index contributed by atoms with van der Waals surface area (Å²) in [6.07, 6.45) is 1.88. The van der Waals surface area contributed by atoms with Crippen molar-refractivity contribution in [2.24, 2.45) is 0 Å². The number of aryl methyl sites for hydroxylation is 1. The molecule has 1 aliphatic heterocycles. The summed E-state index contributed by atoms with van der Waals surface area (Å²) in [5.41, 5.74) is 1.20. The van der Waals surface area contributed by atoms with Crippen molar-refractivity contribution in [2.75, 3.05) is 13.7 Å². The Morgan fingerprint density at radius 3 is 2.64 bits per heavy atom. The van der Waals surface area contributed by atoms with Crippen LogP contribution in [0.1, 0.15) is 30.3 Å². The van der Waals surface area contributed by atoms with Crippen molar-refractivity contribution in [1.82, 2.24) is 14.9 Å². The average molecular weight is 380 g/mol. The highest BCUT2D eigenvalue weighted by molar-refractivity contribution is 5.82. The molecule has 1 fully saturated rings. The van der Waals surface area contributed by atoms with Crippen molar-refractivity contribution in [3.8, 4) is 11.4 Å². The number of fused-ring (bicyclic) bond motifs is 1. The lowest BCUT2D eigenvalue weighted by atomic mass is 10.1. The fraction of sp³-hybridized carbons (Fsp3) is 0.300. The van der Waals surface area contributed by atoms with Crippen molar-refractivity contribution in [3.63, 3.8) is 0 Å². The first kappa shape index (κ1) is 18.1. The molecule has 28 heavy (non-hydrogen) atoms. The van der Waals surface area contributed by atoms with Crippen molar-refractivity contribution < 1.29 is 9.66 Å². The third-order valence-corrected chi connectivity index (χ3v) is 5.11. The summed E-state index contributed by atoms with van der Waals surface area (Å²) < 4.78 is 6.75. The Labute approximate surface area is 160 Å². The molecule has 1 aromatic heterocycles.